The Labute approximate surface area is 116 Å². The highest BCUT2D eigenvalue weighted by Crippen LogP contribution is 2.21. The third kappa shape index (κ3) is 4.60. The smallest absolute Gasteiger partial charge is 0.234 e. The fourth-order valence-electron chi connectivity index (χ4n) is 2.91. The van der Waals surface area contributed by atoms with Gasteiger partial charge in [-0.1, -0.05) is 20.3 Å². The van der Waals surface area contributed by atoms with E-state index in [4.69, 9.17) is 0 Å². The van der Waals surface area contributed by atoms with E-state index in [1.807, 2.05) is 13.8 Å². The van der Waals surface area contributed by atoms with Gasteiger partial charge >= 0.3 is 0 Å². The molecule has 1 aliphatic heterocycles. The van der Waals surface area contributed by atoms with Crippen LogP contribution in [0, 0.1) is 5.92 Å². The minimum Gasteiger partial charge on any atom is -0.345 e. The van der Waals surface area contributed by atoms with Crippen molar-refractivity contribution in [3.05, 3.63) is 0 Å². The van der Waals surface area contributed by atoms with E-state index < -0.39 is 0 Å². The number of hydrogen-bond acceptors (Lipinski definition) is 3. The van der Waals surface area contributed by atoms with Crippen LogP contribution in [0.1, 0.15) is 53.9 Å². The Hall–Kier alpha value is -0.900. The molecular weight excluding hydrogens is 240 g/mol. The van der Waals surface area contributed by atoms with Gasteiger partial charge in [-0.15, -0.1) is 0 Å². The van der Waals surface area contributed by atoms with E-state index in [1.165, 1.54) is 13.3 Å². The molecule has 4 nitrogen and oxygen atoms in total. The van der Waals surface area contributed by atoms with Crippen molar-refractivity contribution in [3.63, 3.8) is 0 Å². The van der Waals surface area contributed by atoms with E-state index in [9.17, 15) is 9.59 Å². The van der Waals surface area contributed by atoms with Crippen molar-refractivity contribution < 1.29 is 9.59 Å². The first-order valence-corrected chi connectivity index (χ1v) is 7.38. The molecule has 1 saturated heterocycles. The highest BCUT2D eigenvalue weighted by atomic mass is 16.2. The molecular formula is C15H28N2O2. The molecule has 0 aromatic rings. The third-order valence-electron chi connectivity index (χ3n) is 4.12. The summed E-state index contributed by atoms with van der Waals surface area (Å²) < 4.78 is 0. The minimum atomic E-state index is -0.358. The quantitative estimate of drug-likeness (QED) is 0.829. The van der Waals surface area contributed by atoms with Crippen LogP contribution >= 0.6 is 0 Å². The number of carbonyl (C=O) groups excluding carboxylic acids is 2. The lowest BCUT2D eigenvalue weighted by Crippen LogP contribution is -2.52. The van der Waals surface area contributed by atoms with Gasteiger partial charge < -0.3 is 5.32 Å². The van der Waals surface area contributed by atoms with E-state index >= 15 is 0 Å². The van der Waals surface area contributed by atoms with Crippen LogP contribution in [0.4, 0.5) is 0 Å². The zero-order chi connectivity index (χ0) is 14.6. The van der Waals surface area contributed by atoms with Crippen LogP contribution in [0.3, 0.4) is 0 Å². The first-order chi connectivity index (χ1) is 8.82. The van der Waals surface area contributed by atoms with E-state index in [0.717, 1.165) is 12.8 Å². The Bertz CT molecular complexity index is 318. The van der Waals surface area contributed by atoms with Crippen molar-refractivity contribution in [2.45, 2.75) is 72.0 Å². The largest absolute Gasteiger partial charge is 0.345 e. The van der Waals surface area contributed by atoms with Crippen molar-refractivity contribution in [2.75, 3.05) is 6.54 Å². The van der Waals surface area contributed by atoms with E-state index in [2.05, 4.69) is 24.1 Å². The third-order valence-corrected chi connectivity index (χ3v) is 4.12. The highest BCUT2D eigenvalue weighted by Gasteiger charge is 2.28. The summed E-state index contributed by atoms with van der Waals surface area (Å²) in [5.41, 5.74) is 0. The Kier molecular flexibility index (Phi) is 5.98. The first-order valence-electron chi connectivity index (χ1n) is 7.38. The molecule has 19 heavy (non-hydrogen) atoms. The summed E-state index contributed by atoms with van der Waals surface area (Å²) in [7, 11) is 0. The van der Waals surface area contributed by atoms with Crippen LogP contribution < -0.4 is 5.32 Å². The number of amides is 1. The predicted octanol–water partition coefficient (Wildman–Crippen LogP) is 1.98. The number of ketones is 1. The molecule has 0 spiro atoms. The minimum absolute atomic E-state index is 0.0306. The molecule has 1 rings (SSSR count). The predicted molar refractivity (Wildman–Crippen MR) is 76.9 cm³/mol. The molecule has 1 aliphatic rings. The number of nitrogens with one attached hydrogen (secondary N) is 1. The summed E-state index contributed by atoms with van der Waals surface area (Å²) in [4.78, 5) is 25.9. The lowest BCUT2D eigenvalue weighted by atomic mass is 9.97. The Morgan fingerprint density at radius 2 is 1.74 bits per heavy atom. The molecule has 0 radical (unpaired) electrons. The average Bonchev–Trinajstić information content (AvgIpc) is 2.30. The molecule has 1 N–H and O–H groups in total. The molecule has 0 bridgehead atoms. The molecule has 1 heterocycles. The Balaban J connectivity index is 2.56. The molecule has 1 amide bonds. The maximum atomic E-state index is 12.1. The molecule has 3 atom stereocenters. The fourth-order valence-corrected chi connectivity index (χ4v) is 2.91. The average molecular weight is 268 g/mol. The summed E-state index contributed by atoms with van der Waals surface area (Å²) in [6.45, 7) is 10.2. The molecule has 1 fully saturated rings. The number of piperidine rings is 1. The van der Waals surface area contributed by atoms with Gasteiger partial charge in [0.05, 0.1) is 12.6 Å². The van der Waals surface area contributed by atoms with Crippen molar-refractivity contribution in [2.24, 2.45) is 5.92 Å². The van der Waals surface area contributed by atoms with Gasteiger partial charge in [-0.25, -0.2) is 0 Å². The second kappa shape index (κ2) is 7.04. The van der Waals surface area contributed by atoms with Crippen LogP contribution in [0.15, 0.2) is 0 Å². The van der Waals surface area contributed by atoms with Crippen LogP contribution in [-0.4, -0.2) is 41.3 Å². The normalized spacial score (nSPS) is 26.2. The van der Waals surface area contributed by atoms with Crippen molar-refractivity contribution in [1.82, 2.24) is 10.2 Å². The molecule has 4 heteroatoms. The SMILES string of the molecule is CC(=O)C(NC(=O)CN1[C@H](C)CCC[C@@H]1C)C(C)C. The summed E-state index contributed by atoms with van der Waals surface area (Å²) in [6, 6.07) is 0.538. The summed E-state index contributed by atoms with van der Waals surface area (Å²) in [6.07, 6.45) is 3.54. The Morgan fingerprint density at radius 1 is 1.21 bits per heavy atom. The summed E-state index contributed by atoms with van der Waals surface area (Å²) >= 11 is 0. The topological polar surface area (TPSA) is 49.4 Å². The van der Waals surface area contributed by atoms with Crippen molar-refractivity contribution >= 4 is 11.7 Å². The number of hydrogen-bond donors (Lipinski definition) is 1. The number of nitrogens with zero attached hydrogens (tertiary/aromatic N) is 1. The van der Waals surface area contributed by atoms with Gasteiger partial charge in [0, 0.05) is 12.1 Å². The summed E-state index contributed by atoms with van der Waals surface area (Å²) in [5, 5.41) is 2.87. The monoisotopic (exact) mass is 268 g/mol. The molecule has 0 saturated carbocycles. The standard InChI is InChI=1S/C15H28N2O2/c1-10(2)15(13(5)18)16-14(19)9-17-11(3)7-6-8-12(17)4/h10-12,15H,6-9H2,1-5H3,(H,16,19)/t11-,12+,15?. The van der Waals surface area contributed by atoms with Gasteiger partial charge in [0.25, 0.3) is 0 Å². The van der Waals surface area contributed by atoms with Crippen LogP contribution in [0.5, 0.6) is 0 Å². The van der Waals surface area contributed by atoms with Crippen LogP contribution in [0.2, 0.25) is 0 Å². The second-order valence-corrected chi connectivity index (χ2v) is 6.20. The molecule has 0 aliphatic carbocycles. The van der Waals surface area contributed by atoms with Crippen LogP contribution in [-0.2, 0) is 9.59 Å². The fraction of sp³-hybridized carbons (Fsp3) is 0.867. The zero-order valence-electron chi connectivity index (χ0n) is 12.9. The van der Waals surface area contributed by atoms with Gasteiger partial charge in [0.1, 0.15) is 0 Å². The lowest BCUT2D eigenvalue weighted by molar-refractivity contribution is -0.129. The highest BCUT2D eigenvalue weighted by molar-refractivity contribution is 5.88. The molecule has 1 unspecified atom stereocenters. The van der Waals surface area contributed by atoms with Crippen molar-refractivity contribution in [1.29, 1.82) is 0 Å². The Morgan fingerprint density at radius 3 is 2.16 bits per heavy atom. The van der Waals surface area contributed by atoms with Crippen molar-refractivity contribution in [3.8, 4) is 0 Å². The maximum Gasteiger partial charge on any atom is 0.234 e. The van der Waals surface area contributed by atoms with Gasteiger partial charge in [0.2, 0.25) is 5.91 Å². The van der Waals surface area contributed by atoms with Gasteiger partial charge in [0.15, 0.2) is 5.78 Å². The first kappa shape index (κ1) is 16.2. The van der Waals surface area contributed by atoms with Crippen LogP contribution in [0.25, 0.3) is 0 Å². The number of Topliss-reactive ketones (excluding diaryl/α,β-unsaturated/α-hetero) is 1. The number of carbonyl (C=O) groups is 2. The van der Waals surface area contributed by atoms with Gasteiger partial charge in [-0.2, -0.15) is 0 Å². The molecule has 110 valence electrons. The lowest BCUT2D eigenvalue weighted by Gasteiger charge is -2.38. The zero-order valence-corrected chi connectivity index (χ0v) is 12.9. The summed E-state index contributed by atoms with van der Waals surface area (Å²) in [5.74, 6) is 0.134. The second-order valence-electron chi connectivity index (χ2n) is 6.20. The van der Waals surface area contributed by atoms with Gasteiger partial charge in [-0.05, 0) is 39.5 Å². The maximum absolute atomic E-state index is 12.1. The van der Waals surface area contributed by atoms with E-state index in [-0.39, 0.29) is 23.7 Å². The number of likely N-dealkylation sites (tertiary alicyclic amines) is 1. The number of rotatable bonds is 5. The van der Waals surface area contributed by atoms with E-state index in [0.29, 0.717) is 18.6 Å². The van der Waals surface area contributed by atoms with Gasteiger partial charge in [-0.3, -0.25) is 14.5 Å². The van der Waals surface area contributed by atoms with E-state index in [1.54, 1.807) is 0 Å². The molecule has 0 aromatic heterocycles. The molecule has 0 aromatic carbocycles.